The molecule has 1 heterocycles. The largest absolute Gasteiger partial charge is 0.329 e. The maximum absolute atomic E-state index is 12.8. The first-order valence-electron chi connectivity index (χ1n) is 5.08. The summed E-state index contributed by atoms with van der Waals surface area (Å²) in [4.78, 5) is 13.4. The number of rotatable bonds is 2. The van der Waals surface area contributed by atoms with Crippen LogP contribution < -0.4 is 10.6 Å². The lowest BCUT2D eigenvalue weighted by molar-refractivity contribution is -0.116. The molecule has 1 aliphatic rings. The Morgan fingerprint density at radius 2 is 2.12 bits per heavy atom. The fraction of sp³-hybridized carbons (Fsp3) is 0.364. The zero-order valence-electron chi connectivity index (χ0n) is 8.73. The van der Waals surface area contributed by atoms with E-state index in [9.17, 15) is 9.18 Å². The lowest BCUT2D eigenvalue weighted by Gasteiger charge is -2.31. The molecule has 3 nitrogen and oxygen atoms in total. The minimum Gasteiger partial charge on any atom is -0.329 e. The molecule has 1 saturated heterocycles. The first-order chi connectivity index (χ1) is 7.70. The van der Waals surface area contributed by atoms with Crippen LogP contribution in [0.15, 0.2) is 24.3 Å². The van der Waals surface area contributed by atoms with Crippen LogP contribution in [0.25, 0.3) is 0 Å². The Hall–Kier alpha value is -1.07. The highest BCUT2D eigenvalue weighted by molar-refractivity contribution is 8.00. The number of carbonyl (C=O) groups is 1. The number of thioether (sulfide) groups is 1. The highest BCUT2D eigenvalue weighted by Crippen LogP contribution is 2.24. The molecule has 5 heteroatoms. The summed E-state index contributed by atoms with van der Waals surface area (Å²) in [5.74, 6) is 0.207. The third-order valence-corrected chi connectivity index (χ3v) is 3.76. The predicted octanol–water partition coefficient (Wildman–Crippen LogP) is 1.23. The summed E-state index contributed by atoms with van der Waals surface area (Å²) in [5.41, 5.74) is 6.34. The van der Waals surface area contributed by atoms with E-state index < -0.39 is 0 Å². The smallest absolute Gasteiger partial charge is 0.237 e. The lowest BCUT2D eigenvalue weighted by atomic mass is 10.2. The number of hydrogen-bond acceptors (Lipinski definition) is 3. The number of hydrogen-bond donors (Lipinski definition) is 1. The third-order valence-electron chi connectivity index (χ3n) is 2.53. The quantitative estimate of drug-likeness (QED) is 0.846. The van der Waals surface area contributed by atoms with Crippen LogP contribution in [-0.4, -0.2) is 30.0 Å². The number of nitrogens with zero attached hydrogens (tertiary/aromatic N) is 1. The number of nitrogens with two attached hydrogens (primary N) is 1. The van der Waals surface area contributed by atoms with Gasteiger partial charge in [-0.25, -0.2) is 4.39 Å². The summed E-state index contributed by atoms with van der Waals surface area (Å²) in [5, 5.41) is 0.266. The molecule has 1 unspecified atom stereocenters. The Kier molecular flexibility index (Phi) is 3.46. The van der Waals surface area contributed by atoms with Gasteiger partial charge in [0.25, 0.3) is 0 Å². The van der Waals surface area contributed by atoms with Gasteiger partial charge in [0.15, 0.2) is 0 Å². The SMILES string of the molecule is NCC1CN(c2ccc(F)cc2)C(=O)CS1. The number of anilines is 1. The van der Waals surface area contributed by atoms with Crippen molar-refractivity contribution in [2.45, 2.75) is 5.25 Å². The molecule has 0 saturated carbocycles. The Labute approximate surface area is 97.8 Å². The monoisotopic (exact) mass is 240 g/mol. The number of halogens is 1. The van der Waals surface area contributed by atoms with E-state index in [-0.39, 0.29) is 17.0 Å². The summed E-state index contributed by atoms with van der Waals surface area (Å²) in [6, 6.07) is 5.97. The van der Waals surface area contributed by atoms with Gasteiger partial charge < -0.3 is 10.6 Å². The van der Waals surface area contributed by atoms with Gasteiger partial charge in [0.1, 0.15) is 5.82 Å². The van der Waals surface area contributed by atoms with Crippen molar-refractivity contribution in [3.8, 4) is 0 Å². The van der Waals surface area contributed by atoms with E-state index in [0.717, 1.165) is 5.69 Å². The highest BCUT2D eigenvalue weighted by atomic mass is 32.2. The first-order valence-corrected chi connectivity index (χ1v) is 6.13. The van der Waals surface area contributed by atoms with Crippen LogP contribution in [0.5, 0.6) is 0 Å². The molecule has 0 radical (unpaired) electrons. The Bertz CT molecular complexity index is 382. The van der Waals surface area contributed by atoms with Crippen LogP contribution in [0.1, 0.15) is 0 Å². The lowest BCUT2D eigenvalue weighted by Crippen LogP contribution is -2.45. The normalized spacial score (nSPS) is 21.2. The van der Waals surface area contributed by atoms with E-state index in [1.165, 1.54) is 12.1 Å². The van der Waals surface area contributed by atoms with Gasteiger partial charge in [-0.1, -0.05) is 0 Å². The van der Waals surface area contributed by atoms with Crippen LogP contribution in [-0.2, 0) is 4.79 Å². The third kappa shape index (κ3) is 2.36. The average molecular weight is 240 g/mol. The summed E-state index contributed by atoms with van der Waals surface area (Å²) >= 11 is 1.58. The van der Waals surface area contributed by atoms with Crippen molar-refractivity contribution < 1.29 is 9.18 Å². The number of benzene rings is 1. The van der Waals surface area contributed by atoms with Crippen LogP contribution in [0, 0.1) is 5.82 Å². The molecule has 1 fully saturated rings. The van der Waals surface area contributed by atoms with Gasteiger partial charge in [-0.3, -0.25) is 4.79 Å². The maximum atomic E-state index is 12.8. The van der Waals surface area contributed by atoms with Gasteiger partial charge in [0.05, 0.1) is 5.75 Å². The van der Waals surface area contributed by atoms with E-state index in [4.69, 9.17) is 5.73 Å². The molecule has 2 N–H and O–H groups in total. The van der Waals surface area contributed by atoms with Crippen molar-refractivity contribution in [1.82, 2.24) is 0 Å². The highest BCUT2D eigenvalue weighted by Gasteiger charge is 2.26. The second-order valence-electron chi connectivity index (χ2n) is 3.65. The van der Waals surface area contributed by atoms with Crippen molar-refractivity contribution in [1.29, 1.82) is 0 Å². The molecule has 0 spiro atoms. The Balaban J connectivity index is 2.17. The Morgan fingerprint density at radius 3 is 2.75 bits per heavy atom. The molecular weight excluding hydrogens is 227 g/mol. The molecule has 0 aromatic heterocycles. The molecule has 1 aromatic rings. The van der Waals surface area contributed by atoms with E-state index in [2.05, 4.69) is 0 Å². The standard InChI is InChI=1S/C11H13FN2OS/c12-8-1-3-9(4-2-8)14-6-10(5-13)16-7-11(14)15/h1-4,10H,5-7,13H2. The van der Waals surface area contributed by atoms with Gasteiger partial charge in [-0.05, 0) is 24.3 Å². The van der Waals surface area contributed by atoms with Gasteiger partial charge in [0.2, 0.25) is 5.91 Å². The topological polar surface area (TPSA) is 46.3 Å². The number of amides is 1. The first kappa shape index (κ1) is 11.4. The van der Waals surface area contributed by atoms with Gasteiger partial charge in [-0.15, -0.1) is 11.8 Å². The molecule has 16 heavy (non-hydrogen) atoms. The predicted molar refractivity (Wildman–Crippen MR) is 64.1 cm³/mol. The van der Waals surface area contributed by atoms with Crippen LogP contribution in [0.3, 0.4) is 0 Å². The van der Waals surface area contributed by atoms with E-state index in [1.54, 1.807) is 28.8 Å². The summed E-state index contributed by atoms with van der Waals surface area (Å²) in [6.45, 7) is 1.15. The fourth-order valence-electron chi connectivity index (χ4n) is 1.64. The average Bonchev–Trinajstić information content (AvgIpc) is 2.31. The zero-order chi connectivity index (χ0) is 11.5. The Morgan fingerprint density at radius 1 is 1.44 bits per heavy atom. The van der Waals surface area contributed by atoms with Crippen LogP contribution >= 0.6 is 11.8 Å². The van der Waals surface area contributed by atoms with E-state index in [1.807, 2.05) is 0 Å². The summed E-state index contributed by atoms with van der Waals surface area (Å²) < 4.78 is 12.8. The van der Waals surface area contributed by atoms with Crippen LogP contribution in [0.2, 0.25) is 0 Å². The van der Waals surface area contributed by atoms with Gasteiger partial charge >= 0.3 is 0 Å². The molecule has 1 amide bonds. The fourth-order valence-corrected chi connectivity index (χ4v) is 2.56. The maximum Gasteiger partial charge on any atom is 0.237 e. The van der Waals surface area contributed by atoms with Crippen molar-refractivity contribution >= 4 is 23.4 Å². The minimum atomic E-state index is -0.294. The van der Waals surface area contributed by atoms with Crippen molar-refractivity contribution in [3.05, 3.63) is 30.1 Å². The number of carbonyl (C=O) groups excluding carboxylic acids is 1. The van der Waals surface area contributed by atoms with Crippen molar-refractivity contribution in [3.63, 3.8) is 0 Å². The van der Waals surface area contributed by atoms with Crippen molar-refractivity contribution in [2.24, 2.45) is 5.73 Å². The summed E-state index contributed by atoms with van der Waals surface area (Å²) in [7, 11) is 0. The second-order valence-corrected chi connectivity index (χ2v) is 4.94. The van der Waals surface area contributed by atoms with Crippen molar-refractivity contribution in [2.75, 3.05) is 23.7 Å². The van der Waals surface area contributed by atoms with E-state index in [0.29, 0.717) is 18.8 Å². The van der Waals surface area contributed by atoms with E-state index >= 15 is 0 Å². The molecule has 1 aliphatic heterocycles. The molecule has 0 aliphatic carbocycles. The molecule has 2 rings (SSSR count). The van der Waals surface area contributed by atoms with Crippen LogP contribution in [0.4, 0.5) is 10.1 Å². The molecule has 1 aromatic carbocycles. The molecular formula is C11H13FN2OS. The minimum absolute atomic E-state index is 0.0568. The summed E-state index contributed by atoms with van der Waals surface area (Å²) in [6.07, 6.45) is 0. The molecule has 86 valence electrons. The second kappa shape index (κ2) is 4.84. The molecule has 0 bridgehead atoms. The zero-order valence-corrected chi connectivity index (χ0v) is 9.54. The van der Waals surface area contributed by atoms with Gasteiger partial charge in [-0.2, -0.15) is 0 Å². The molecule has 1 atom stereocenters. The van der Waals surface area contributed by atoms with Gasteiger partial charge in [0, 0.05) is 24.0 Å².